The number of nitrogens with zero attached hydrogens (tertiary/aromatic N) is 3. The predicted molar refractivity (Wildman–Crippen MR) is 138 cm³/mol. The minimum absolute atomic E-state index is 0.0998. The average molecular weight is 527 g/mol. The standard InChI is InChI=1S/C27H22Cl2F2N4O/c28-19-4-6-24-20(14-19)21-16-34(10-1-2-17-3-5-22(29)23(30)12-17)11-8-25(21)35(24)27(36)33-15-18-7-9-32-26(31)13-18/h1-7,9,12-14H,8,10-11,15-16H2,(H,33,36). The Balaban J connectivity index is 1.36. The second kappa shape index (κ2) is 10.4. The summed E-state index contributed by atoms with van der Waals surface area (Å²) >= 11 is 12.1. The fourth-order valence-electron chi connectivity index (χ4n) is 4.54. The second-order valence-corrected chi connectivity index (χ2v) is 9.47. The minimum Gasteiger partial charge on any atom is -0.333 e. The van der Waals surface area contributed by atoms with Crippen molar-refractivity contribution in [3.05, 3.63) is 105 Å². The van der Waals surface area contributed by atoms with Crippen LogP contribution in [-0.4, -0.2) is 33.6 Å². The molecular weight excluding hydrogens is 505 g/mol. The molecule has 0 saturated heterocycles. The van der Waals surface area contributed by atoms with Crippen LogP contribution in [0.15, 0.2) is 60.8 Å². The molecule has 1 amide bonds. The van der Waals surface area contributed by atoms with Crippen LogP contribution in [0.3, 0.4) is 0 Å². The average Bonchev–Trinajstić information content (AvgIpc) is 3.18. The summed E-state index contributed by atoms with van der Waals surface area (Å²) in [7, 11) is 0. The van der Waals surface area contributed by atoms with Crippen LogP contribution in [0.4, 0.5) is 13.6 Å². The van der Waals surface area contributed by atoms with Gasteiger partial charge < -0.3 is 5.32 Å². The fourth-order valence-corrected chi connectivity index (χ4v) is 4.83. The fraction of sp³-hybridized carbons (Fsp3) is 0.185. The number of carbonyl (C=O) groups excluding carboxylic acids is 1. The summed E-state index contributed by atoms with van der Waals surface area (Å²) in [6.45, 7) is 2.24. The first-order valence-electron chi connectivity index (χ1n) is 11.4. The number of benzene rings is 2. The van der Waals surface area contributed by atoms with Crippen molar-refractivity contribution in [2.45, 2.75) is 19.5 Å². The second-order valence-electron chi connectivity index (χ2n) is 8.63. The van der Waals surface area contributed by atoms with Crippen molar-refractivity contribution in [2.75, 3.05) is 13.1 Å². The number of nitrogens with one attached hydrogen (secondary N) is 1. The largest absolute Gasteiger partial charge is 0.333 e. The van der Waals surface area contributed by atoms with Gasteiger partial charge >= 0.3 is 6.03 Å². The van der Waals surface area contributed by atoms with Gasteiger partial charge in [0.15, 0.2) is 0 Å². The van der Waals surface area contributed by atoms with Crippen molar-refractivity contribution in [3.8, 4) is 0 Å². The number of pyridine rings is 1. The molecule has 0 aliphatic carbocycles. The maximum absolute atomic E-state index is 13.7. The number of halogens is 4. The van der Waals surface area contributed by atoms with Gasteiger partial charge in [0.1, 0.15) is 5.82 Å². The Hall–Kier alpha value is -3.26. The Morgan fingerprint density at radius 1 is 1.11 bits per heavy atom. The lowest BCUT2D eigenvalue weighted by atomic mass is 10.0. The van der Waals surface area contributed by atoms with Crippen LogP contribution in [0.1, 0.15) is 22.4 Å². The Bertz CT molecular complexity index is 1480. The zero-order valence-electron chi connectivity index (χ0n) is 19.1. The molecule has 5 rings (SSSR count). The SMILES string of the molecule is O=C(NCc1ccnc(F)c1)n1c2c(c3cc(Cl)ccc31)CN(CC=Cc1ccc(Cl)c(F)c1)CC2. The van der Waals surface area contributed by atoms with Gasteiger partial charge in [-0.1, -0.05) is 41.4 Å². The highest BCUT2D eigenvalue weighted by molar-refractivity contribution is 6.31. The highest BCUT2D eigenvalue weighted by Crippen LogP contribution is 2.32. The molecule has 0 unspecified atom stereocenters. The maximum Gasteiger partial charge on any atom is 0.326 e. The molecule has 0 fully saturated rings. The van der Waals surface area contributed by atoms with Crippen LogP contribution in [0.5, 0.6) is 0 Å². The van der Waals surface area contributed by atoms with Gasteiger partial charge in [-0.2, -0.15) is 4.39 Å². The Morgan fingerprint density at radius 3 is 2.78 bits per heavy atom. The topological polar surface area (TPSA) is 50.2 Å². The molecule has 0 saturated carbocycles. The van der Waals surface area contributed by atoms with Crippen molar-refractivity contribution < 1.29 is 13.6 Å². The molecule has 9 heteroatoms. The summed E-state index contributed by atoms with van der Waals surface area (Å²) in [6, 6.07) is 12.9. The van der Waals surface area contributed by atoms with Gasteiger partial charge in [-0.25, -0.2) is 14.2 Å². The van der Waals surface area contributed by atoms with E-state index in [1.165, 1.54) is 18.3 Å². The van der Waals surface area contributed by atoms with E-state index in [0.29, 0.717) is 30.1 Å². The molecule has 0 bridgehead atoms. The summed E-state index contributed by atoms with van der Waals surface area (Å²) in [6.07, 6.45) is 5.89. The first-order valence-corrected chi connectivity index (χ1v) is 12.2. The van der Waals surface area contributed by atoms with Crippen LogP contribution < -0.4 is 5.32 Å². The van der Waals surface area contributed by atoms with Crippen molar-refractivity contribution in [1.82, 2.24) is 19.8 Å². The summed E-state index contributed by atoms with van der Waals surface area (Å²) in [5.41, 5.74) is 4.13. The van der Waals surface area contributed by atoms with E-state index >= 15 is 0 Å². The molecule has 1 aliphatic rings. The summed E-state index contributed by atoms with van der Waals surface area (Å²) < 4.78 is 28.8. The number of hydrogen-bond acceptors (Lipinski definition) is 3. The molecule has 5 nitrogen and oxygen atoms in total. The van der Waals surface area contributed by atoms with E-state index in [2.05, 4.69) is 15.2 Å². The third-order valence-corrected chi connectivity index (χ3v) is 6.79. The summed E-state index contributed by atoms with van der Waals surface area (Å²) in [4.78, 5) is 19.0. The Labute approximate surface area is 216 Å². The first kappa shape index (κ1) is 24.4. The van der Waals surface area contributed by atoms with Crippen LogP contribution in [0.25, 0.3) is 17.0 Å². The Kier molecular flexibility index (Phi) is 7.05. The number of aromatic nitrogens is 2. The maximum atomic E-state index is 13.7. The van der Waals surface area contributed by atoms with Gasteiger partial charge in [-0.05, 0) is 59.2 Å². The predicted octanol–water partition coefficient (Wildman–Crippen LogP) is 6.45. The molecule has 3 heterocycles. The van der Waals surface area contributed by atoms with Gasteiger partial charge in [0.05, 0.1) is 10.5 Å². The molecule has 4 aromatic rings. The highest BCUT2D eigenvalue weighted by Gasteiger charge is 2.26. The van der Waals surface area contributed by atoms with E-state index in [9.17, 15) is 13.6 Å². The normalized spacial score (nSPS) is 13.9. The molecule has 1 aliphatic heterocycles. The van der Waals surface area contributed by atoms with Crippen LogP contribution in [-0.2, 0) is 19.5 Å². The first-order chi connectivity index (χ1) is 17.4. The molecule has 184 valence electrons. The van der Waals surface area contributed by atoms with Crippen molar-refractivity contribution in [3.63, 3.8) is 0 Å². The van der Waals surface area contributed by atoms with E-state index in [1.807, 2.05) is 24.3 Å². The molecule has 2 aromatic heterocycles. The number of hydrogen-bond donors (Lipinski definition) is 1. The smallest absolute Gasteiger partial charge is 0.326 e. The number of carbonyl (C=O) groups is 1. The lowest BCUT2D eigenvalue weighted by Gasteiger charge is -2.27. The quantitative estimate of drug-likeness (QED) is 0.304. The van der Waals surface area contributed by atoms with E-state index in [1.54, 1.807) is 28.8 Å². The van der Waals surface area contributed by atoms with Gasteiger partial charge in [0.25, 0.3) is 0 Å². The monoisotopic (exact) mass is 526 g/mol. The minimum atomic E-state index is -0.587. The van der Waals surface area contributed by atoms with Crippen molar-refractivity contribution in [1.29, 1.82) is 0 Å². The number of amides is 1. The van der Waals surface area contributed by atoms with Gasteiger partial charge in [0.2, 0.25) is 5.95 Å². The number of rotatable bonds is 5. The molecule has 36 heavy (non-hydrogen) atoms. The van der Waals surface area contributed by atoms with Gasteiger partial charge in [0, 0.05) is 54.9 Å². The summed E-state index contributed by atoms with van der Waals surface area (Å²) in [5, 5.41) is 4.51. The van der Waals surface area contributed by atoms with E-state index in [-0.39, 0.29) is 17.6 Å². The van der Waals surface area contributed by atoms with Crippen molar-refractivity contribution in [2.24, 2.45) is 0 Å². The molecular formula is C27H22Cl2F2N4O. The van der Waals surface area contributed by atoms with Gasteiger partial charge in [-0.15, -0.1) is 0 Å². The third-order valence-electron chi connectivity index (χ3n) is 6.24. The van der Waals surface area contributed by atoms with E-state index in [4.69, 9.17) is 23.2 Å². The zero-order valence-corrected chi connectivity index (χ0v) is 20.7. The highest BCUT2D eigenvalue weighted by atomic mass is 35.5. The van der Waals surface area contributed by atoms with Crippen LogP contribution in [0, 0.1) is 11.8 Å². The lowest BCUT2D eigenvalue weighted by molar-refractivity contribution is 0.240. The third kappa shape index (κ3) is 5.14. The van der Waals surface area contributed by atoms with Crippen LogP contribution >= 0.6 is 23.2 Å². The zero-order chi connectivity index (χ0) is 25.2. The lowest BCUT2D eigenvalue weighted by Crippen LogP contribution is -2.34. The molecule has 0 spiro atoms. The Morgan fingerprint density at radius 2 is 1.97 bits per heavy atom. The van der Waals surface area contributed by atoms with Crippen molar-refractivity contribution >= 4 is 46.2 Å². The molecule has 1 N–H and O–H groups in total. The molecule has 2 aromatic carbocycles. The van der Waals surface area contributed by atoms with Gasteiger partial charge in [-0.3, -0.25) is 9.47 Å². The summed E-state index contributed by atoms with van der Waals surface area (Å²) in [5.74, 6) is -1.03. The van der Waals surface area contributed by atoms with Crippen LogP contribution in [0.2, 0.25) is 10.0 Å². The van der Waals surface area contributed by atoms with E-state index in [0.717, 1.165) is 34.3 Å². The molecule has 0 atom stereocenters. The molecule has 0 radical (unpaired) electrons. The number of fused-ring (bicyclic) bond motifs is 3. The van der Waals surface area contributed by atoms with E-state index < -0.39 is 11.8 Å².